The zero-order valence-electron chi connectivity index (χ0n) is 14.9. The van der Waals surface area contributed by atoms with E-state index in [1.165, 1.54) is 11.1 Å². The number of rotatable bonds is 4. The molecule has 0 spiro atoms. The number of piperidine rings is 1. The minimum atomic E-state index is -0.0880. The Morgan fingerprint density at radius 2 is 2.08 bits per heavy atom. The topological polar surface area (TPSA) is 73.5 Å². The molecule has 25 heavy (non-hydrogen) atoms. The fourth-order valence-corrected chi connectivity index (χ4v) is 3.53. The van der Waals surface area contributed by atoms with Crippen molar-refractivity contribution in [3.05, 3.63) is 35.4 Å². The van der Waals surface area contributed by atoms with Gasteiger partial charge in [-0.2, -0.15) is 0 Å². The number of benzene rings is 1. The van der Waals surface area contributed by atoms with Crippen LogP contribution in [0.2, 0.25) is 0 Å². The Morgan fingerprint density at radius 3 is 2.88 bits per heavy atom. The van der Waals surface area contributed by atoms with Crippen LogP contribution in [0.5, 0.6) is 0 Å². The van der Waals surface area contributed by atoms with Crippen molar-refractivity contribution in [1.82, 2.24) is 20.9 Å². The molecular formula is C19H28N4O2. The van der Waals surface area contributed by atoms with Gasteiger partial charge in [-0.25, -0.2) is 4.79 Å². The molecular weight excluding hydrogens is 316 g/mol. The van der Waals surface area contributed by atoms with Gasteiger partial charge in [0, 0.05) is 38.6 Å². The van der Waals surface area contributed by atoms with Crippen molar-refractivity contribution in [3.8, 4) is 0 Å². The van der Waals surface area contributed by atoms with Crippen LogP contribution >= 0.6 is 0 Å². The molecule has 1 aromatic rings. The molecule has 0 aromatic heterocycles. The minimum Gasteiger partial charge on any atom is -0.352 e. The fourth-order valence-electron chi connectivity index (χ4n) is 3.53. The van der Waals surface area contributed by atoms with E-state index >= 15 is 0 Å². The number of hydrogen-bond donors (Lipinski definition) is 3. The van der Waals surface area contributed by atoms with E-state index in [-0.39, 0.29) is 18.0 Å². The molecule has 1 saturated heterocycles. The summed E-state index contributed by atoms with van der Waals surface area (Å²) < 4.78 is 0. The number of urea groups is 1. The van der Waals surface area contributed by atoms with Crippen LogP contribution in [0.3, 0.4) is 0 Å². The van der Waals surface area contributed by atoms with Gasteiger partial charge in [-0.3, -0.25) is 4.79 Å². The summed E-state index contributed by atoms with van der Waals surface area (Å²) in [5.74, 6) is 0.498. The summed E-state index contributed by atoms with van der Waals surface area (Å²) in [4.78, 5) is 26.2. The Balaban J connectivity index is 1.39. The van der Waals surface area contributed by atoms with Crippen LogP contribution in [-0.4, -0.2) is 49.1 Å². The average Bonchev–Trinajstić information content (AvgIpc) is 2.63. The third kappa shape index (κ3) is 4.72. The summed E-state index contributed by atoms with van der Waals surface area (Å²) in [5, 5.41) is 9.25. The molecule has 6 heteroatoms. The lowest BCUT2D eigenvalue weighted by molar-refractivity contribution is -0.122. The van der Waals surface area contributed by atoms with Crippen LogP contribution in [0.25, 0.3) is 0 Å². The van der Waals surface area contributed by atoms with Gasteiger partial charge in [-0.05, 0) is 36.4 Å². The normalized spacial score (nSPS) is 22.8. The van der Waals surface area contributed by atoms with Crippen molar-refractivity contribution in [1.29, 1.82) is 0 Å². The van der Waals surface area contributed by atoms with Crippen molar-refractivity contribution in [3.63, 3.8) is 0 Å². The van der Waals surface area contributed by atoms with Gasteiger partial charge in [0.1, 0.15) is 0 Å². The lowest BCUT2D eigenvalue weighted by atomic mass is 9.95. The predicted octanol–water partition coefficient (Wildman–Crippen LogP) is 1.26. The molecule has 0 aliphatic carbocycles. The average molecular weight is 344 g/mol. The number of carbonyl (C=O) groups excluding carboxylic acids is 2. The maximum absolute atomic E-state index is 12.3. The van der Waals surface area contributed by atoms with Crippen molar-refractivity contribution >= 4 is 11.9 Å². The highest BCUT2D eigenvalue weighted by Gasteiger charge is 2.23. The standard InChI is InChI=1S/C19H28N4O2/c1-14-6-9-20-12-17(14)22-18(24)7-10-21-19(25)23-11-8-15-4-2-3-5-16(15)13-23/h2-5,14,17,20H,6-13H2,1H3,(H,21,25)(H,22,24). The van der Waals surface area contributed by atoms with E-state index in [0.717, 1.165) is 32.5 Å². The van der Waals surface area contributed by atoms with Gasteiger partial charge in [0.05, 0.1) is 0 Å². The lowest BCUT2D eigenvalue weighted by Gasteiger charge is -2.30. The number of nitrogens with one attached hydrogen (secondary N) is 3. The van der Waals surface area contributed by atoms with Gasteiger partial charge in [0.15, 0.2) is 0 Å². The third-order valence-corrected chi connectivity index (χ3v) is 5.22. The van der Waals surface area contributed by atoms with Gasteiger partial charge in [-0.15, -0.1) is 0 Å². The van der Waals surface area contributed by atoms with Gasteiger partial charge in [0.25, 0.3) is 0 Å². The van der Waals surface area contributed by atoms with E-state index < -0.39 is 0 Å². The molecule has 3 N–H and O–H groups in total. The molecule has 0 radical (unpaired) electrons. The molecule has 2 unspecified atom stereocenters. The van der Waals surface area contributed by atoms with Crippen molar-refractivity contribution in [2.75, 3.05) is 26.2 Å². The molecule has 0 bridgehead atoms. The second-order valence-corrected chi connectivity index (χ2v) is 7.07. The molecule has 1 aromatic carbocycles. The number of nitrogens with zero attached hydrogens (tertiary/aromatic N) is 1. The zero-order chi connectivity index (χ0) is 17.6. The highest BCUT2D eigenvalue weighted by Crippen LogP contribution is 2.18. The monoisotopic (exact) mass is 344 g/mol. The first-order valence-corrected chi connectivity index (χ1v) is 9.23. The van der Waals surface area contributed by atoms with Crippen molar-refractivity contribution in [2.24, 2.45) is 5.92 Å². The molecule has 3 amide bonds. The molecule has 2 aliphatic heterocycles. The second-order valence-electron chi connectivity index (χ2n) is 7.07. The molecule has 2 heterocycles. The molecule has 2 aliphatic rings. The lowest BCUT2D eigenvalue weighted by Crippen LogP contribution is -2.50. The summed E-state index contributed by atoms with van der Waals surface area (Å²) in [5.41, 5.74) is 2.53. The molecule has 2 atom stereocenters. The van der Waals surface area contributed by atoms with Crippen LogP contribution < -0.4 is 16.0 Å². The van der Waals surface area contributed by atoms with E-state index in [9.17, 15) is 9.59 Å². The molecule has 136 valence electrons. The highest BCUT2D eigenvalue weighted by molar-refractivity contribution is 5.78. The maximum atomic E-state index is 12.3. The van der Waals surface area contributed by atoms with Crippen LogP contribution in [0.15, 0.2) is 24.3 Å². The van der Waals surface area contributed by atoms with E-state index in [2.05, 4.69) is 35.0 Å². The zero-order valence-corrected chi connectivity index (χ0v) is 14.9. The Hall–Kier alpha value is -2.08. The fraction of sp³-hybridized carbons (Fsp3) is 0.579. The first-order valence-electron chi connectivity index (χ1n) is 9.23. The molecule has 0 saturated carbocycles. The van der Waals surface area contributed by atoms with Crippen LogP contribution in [0.1, 0.15) is 30.9 Å². The Labute approximate surface area is 149 Å². The minimum absolute atomic E-state index is 0.00448. The van der Waals surface area contributed by atoms with E-state index in [4.69, 9.17) is 0 Å². The molecule has 1 fully saturated rings. The van der Waals surface area contributed by atoms with Crippen LogP contribution in [0, 0.1) is 5.92 Å². The highest BCUT2D eigenvalue weighted by atomic mass is 16.2. The number of hydrogen-bond acceptors (Lipinski definition) is 3. The molecule has 6 nitrogen and oxygen atoms in total. The quantitative estimate of drug-likeness (QED) is 0.770. The summed E-state index contributed by atoms with van der Waals surface area (Å²) in [6.07, 6.45) is 2.29. The Kier molecular flexibility index (Phi) is 5.91. The second kappa shape index (κ2) is 8.34. The first-order chi connectivity index (χ1) is 12.1. The maximum Gasteiger partial charge on any atom is 0.317 e. The van der Waals surface area contributed by atoms with E-state index in [1.807, 2.05) is 17.0 Å². The smallest absolute Gasteiger partial charge is 0.317 e. The number of fused-ring (bicyclic) bond motifs is 1. The Bertz CT molecular complexity index is 619. The largest absolute Gasteiger partial charge is 0.352 e. The van der Waals surface area contributed by atoms with E-state index in [1.54, 1.807) is 0 Å². The third-order valence-electron chi connectivity index (χ3n) is 5.22. The number of amides is 3. The first kappa shape index (κ1) is 17.7. The Morgan fingerprint density at radius 1 is 1.28 bits per heavy atom. The van der Waals surface area contributed by atoms with Gasteiger partial charge >= 0.3 is 6.03 Å². The summed E-state index contributed by atoms with van der Waals surface area (Å²) in [7, 11) is 0. The van der Waals surface area contributed by atoms with Crippen LogP contribution in [0.4, 0.5) is 4.79 Å². The van der Waals surface area contributed by atoms with Crippen molar-refractivity contribution in [2.45, 2.75) is 38.8 Å². The SMILES string of the molecule is CC1CCNCC1NC(=O)CCNC(=O)N1CCc2ccccc2C1. The van der Waals surface area contributed by atoms with Crippen LogP contribution in [-0.2, 0) is 17.8 Å². The summed E-state index contributed by atoms with van der Waals surface area (Å²) >= 11 is 0. The predicted molar refractivity (Wildman–Crippen MR) is 97.2 cm³/mol. The van der Waals surface area contributed by atoms with Crippen molar-refractivity contribution < 1.29 is 9.59 Å². The van der Waals surface area contributed by atoms with Gasteiger partial charge in [0.2, 0.25) is 5.91 Å². The number of carbonyl (C=O) groups is 2. The van der Waals surface area contributed by atoms with Gasteiger partial charge in [-0.1, -0.05) is 31.2 Å². The summed E-state index contributed by atoms with van der Waals surface area (Å²) in [6, 6.07) is 8.34. The summed E-state index contributed by atoms with van der Waals surface area (Å²) in [6.45, 7) is 5.74. The molecule has 3 rings (SSSR count). The van der Waals surface area contributed by atoms with E-state index in [0.29, 0.717) is 25.4 Å². The van der Waals surface area contributed by atoms with Gasteiger partial charge < -0.3 is 20.9 Å².